The van der Waals surface area contributed by atoms with Crippen molar-refractivity contribution in [3.8, 4) is 0 Å². The Bertz CT molecular complexity index is 127. The Morgan fingerprint density at radius 2 is 2.00 bits per heavy atom. The molecule has 0 bridgehead atoms. The van der Waals surface area contributed by atoms with Crippen LogP contribution in [-0.4, -0.2) is 27.6 Å². The van der Waals surface area contributed by atoms with Gasteiger partial charge < -0.3 is 9.16 Å². The molecule has 0 saturated carbocycles. The minimum atomic E-state index is -1.25. The summed E-state index contributed by atoms with van der Waals surface area (Å²) in [6, 6.07) is 0. The molecule has 0 aromatic rings. The van der Waals surface area contributed by atoms with E-state index in [4.69, 9.17) is 9.16 Å². The van der Waals surface area contributed by atoms with Crippen molar-refractivity contribution in [3.63, 3.8) is 0 Å². The molecule has 1 fully saturated rings. The van der Waals surface area contributed by atoms with Gasteiger partial charge in [-0.25, -0.2) is 0 Å². The minimum absolute atomic E-state index is 0.594. The van der Waals surface area contributed by atoms with Crippen LogP contribution in [0.3, 0.4) is 0 Å². The lowest BCUT2D eigenvalue weighted by atomic mass is 10.2. The minimum Gasteiger partial charge on any atom is -0.418 e. The molecule has 1 rings (SSSR count). The van der Waals surface area contributed by atoms with E-state index in [0.717, 1.165) is 13.2 Å². The van der Waals surface area contributed by atoms with Gasteiger partial charge in [0.15, 0.2) is 8.32 Å². The molecule has 1 saturated heterocycles. The molecule has 0 aliphatic carbocycles. The highest BCUT2D eigenvalue weighted by atomic mass is 28.4. The first-order chi connectivity index (χ1) is 5.58. The summed E-state index contributed by atoms with van der Waals surface area (Å²) in [5, 5.41) is 0. The van der Waals surface area contributed by atoms with Crippen LogP contribution in [0.1, 0.15) is 19.3 Å². The number of epoxide rings is 1. The molecule has 0 amide bonds. The lowest BCUT2D eigenvalue weighted by molar-refractivity contribution is 0.294. The molecular weight excluding hydrogens is 168 g/mol. The van der Waals surface area contributed by atoms with Gasteiger partial charge in [-0.3, -0.25) is 0 Å². The maximum atomic E-state index is 5.73. The van der Waals surface area contributed by atoms with Gasteiger partial charge >= 0.3 is 0 Å². The molecule has 72 valence electrons. The van der Waals surface area contributed by atoms with Crippen molar-refractivity contribution in [1.29, 1.82) is 0 Å². The van der Waals surface area contributed by atoms with Crippen molar-refractivity contribution < 1.29 is 9.16 Å². The number of rotatable bonds is 6. The molecule has 1 aliphatic heterocycles. The third-order valence-corrected chi connectivity index (χ3v) is 2.93. The highest BCUT2D eigenvalue weighted by Crippen LogP contribution is 2.16. The Morgan fingerprint density at radius 3 is 2.50 bits per heavy atom. The largest absolute Gasteiger partial charge is 0.418 e. The van der Waals surface area contributed by atoms with Crippen LogP contribution in [-0.2, 0) is 9.16 Å². The number of unbranched alkanes of at least 4 members (excludes halogenated alkanes) is 1. The average molecular weight is 188 g/mol. The summed E-state index contributed by atoms with van der Waals surface area (Å²) in [4.78, 5) is 0. The van der Waals surface area contributed by atoms with Gasteiger partial charge in [-0.05, 0) is 38.9 Å². The van der Waals surface area contributed by atoms with E-state index >= 15 is 0 Å². The topological polar surface area (TPSA) is 21.8 Å². The fraction of sp³-hybridized carbons (Fsp3) is 1.00. The molecule has 1 unspecified atom stereocenters. The fourth-order valence-electron chi connectivity index (χ4n) is 1.09. The fourth-order valence-corrected chi connectivity index (χ4v) is 1.84. The van der Waals surface area contributed by atoms with E-state index in [1.165, 1.54) is 19.3 Å². The summed E-state index contributed by atoms with van der Waals surface area (Å²) < 4.78 is 10.9. The van der Waals surface area contributed by atoms with Crippen molar-refractivity contribution in [3.05, 3.63) is 0 Å². The molecular formula is C9H20O2Si. The average Bonchev–Trinajstić information content (AvgIpc) is 2.68. The van der Waals surface area contributed by atoms with E-state index < -0.39 is 8.32 Å². The Morgan fingerprint density at radius 1 is 1.33 bits per heavy atom. The van der Waals surface area contributed by atoms with Gasteiger partial charge in [-0.2, -0.15) is 0 Å². The lowest BCUT2D eigenvalue weighted by Crippen LogP contribution is -2.25. The third kappa shape index (κ3) is 5.74. The summed E-state index contributed by atoms with van der Waals surface area (Å²) in [6.07, 6.45) is 4.28. The molecule has 12 heavy (non-hydrogen) atoms. The van der Waals surface area contributed by atoms with Crippen LogP contribution in [0, 0.1) is 0 Å². The van der Waals surface area contributed by atoms with E-state index in [1.807, 2.05) is 0 Å². The van der Waals surface area contributed by atoms with Gasteiger partial charge in [0.2, 0.25) is 0 Å². The normalized spacial score (nSPS) is 22.8. The summed E-state index contributed by atoms with van der Waals surface area (Å²) in [5.74, 6) is 0. The van der Waals surface area contributed by atoms with E-state index in [0.29, 0.717) is 6.10 Å². The van der Waals surface area contributed by atoms with Crippen LogP contribution in [0.4, 0.5) is 0 Å². The van der Waals surface area contributed by atoms with Gasteiger partial charge in [-0.15, -0.1) is 0 Å². The van der Waals surface area contributed by atoms with Crippen molar-refractivity contribution in [2.75, 3.05) is 13.2 Å². The maximum absolute atomic E-state index is 5.73. The second-order valence-electron chi connectivity index (χ2n) is 4.41. The standard InChI is InChI=1S/C9H20O2Si/c1-12(2,3)11-7-5-4-6-9-8-10-9/h9H,4-8H2,1-3H3. The second kappa shape index (κ2) is 4.39. The molecule has 0 N–H and O–H groups in total. The maximum Gasteiger partial charge on any atom is 0.183 e. The third-order valence-electron chi connectivity index (χ3n) is 1.86. The summed E-state index contributed by atoms with van der Waals surface area (Å²) in [7, 11) is -1.25. The molecule has 0 radical (unpaired) electrons. The Hall–Kier alpha value is 0.137. The number of ether oxygens (including phenoxy) is 1. The first kappa shape index (κ1) is 10.2. The smallest absolute Gasteiger partial charge is 0.183 e. The highest BCUT2D eigenvalue weighted by molar-refractivity contribution is 6.69. The Labute approximate surface area is 76.4 Å². The van der Waals surface area contributed by atoms with Crippen LogP contribution >= 0.6 is 0 Å². The zero-order chi connectivity index (χ0) is 9.03. The quantitative estimate of drug-likeness (QED) is 0.363. The lowest BCUT2D eigenvalue weighted by Gasteiger charge is -2.16. The number of hydrogen-bond acceptors (Lipinski definition) is 2. The van der Waals surface area contributed by atoms with Crippen LogP contribution in [0.2, 0.25) is 19.6 Å². The van der Waals surface area contributed by atoms with Crippen LogP contribution in [0.15, 0.2) is 0 Å². The molecule has 1 aliphatic rings. The van der Waals surface area contributed by atoms with Crippen LogP contribution in [0.25, 0.3) is 0 Å². The molecule has 3 heteroatoms. The van der Waals surface area contributed by atoms with Crippen molar-refractivity contribution >= 4 is 8.32 Å². The zero-order valence-corrected chi connectivity index (χ0v) is 9.43. The molecule has 1 atom stereocenters. The zero-order valence-electron chi connectivity index (χ0n) is 8.43. The highest BCUT2D eigenvalue weighted by Gasteiger charge is 2.21. The van der Waals surface area contributed by atoms with Crippen molar-refractivity contribution in [2.24, 2.45) is 0 Å². The number of hydrogen-bond donors (Lipinski definition) is 0. The Kier molecular flexibility index (Phi) is 3.74. The summed E-state index contributed by atoms with van der Waals surface area (Å²) in [5.41, 5.74) is 0. The molecule has 0 aromatic heterocycles. The van der Waals surface area contributed by atoms with E-state index in [9.17, 15) is 0 Å². The monoisotopic (exact) mass is 188 g/mol. The first-order valence-corrected chi connectivity index (χ1v) is 8.24. The van der Waals surface area contributed by atoms with Gasteiger partial charge in [0.05, 0.1) is 12.7 Å². The van der Waals surface area contributed by atoms with Crippen molar-refractivity contribution in [1.82, 2.24) is 0 Å². The van der Waals surface area contributed by atoms with Crippen molar-refractivity contribution in [2.45, 2.75) is 45.0 Å². The molecule has 1 heterocycles. The predicted molar refractivity (Wildman–Crippen MR) is 52.9 cm³/mol. The van der Waals surface area contributed by atoms with Gasteiger partial charge in [0.1, 0.15) is 0 Å². The molecule has 2 nitrogen and oxygen atoms in total. The van der Waals surface area contributed by atoms with Gasteiger partial charge in [0.25, 0.3) is 0 Å². The predicted octanol–water partition coefficient (Wildman–Crippen LogP) is 2.41. The van der Waals surface area contributed by atoms with Gasteiger partial charge in [0, 0.05) is 6.61 Å². The summed E-state index contributed by atoms with van der Waals surface area (Å²) >= 11 is 0. The van der Waals surface area contributed by atoms with Crippen LogP contribution < -0.4 is 0 Å². The first-order valence-electron chi connectivity index (χ1n) is 4.83. The second-order valence-corrected chi connectivity index (χ2v) is 8.93. The molecule has 0 aromatic carbocycles. The van der Waals surface area contributed by atoms with E-state index in [2.05, 4.69) is 19.6 Å². The Balaban J connectivity index is 1.82. The van der Waals surface area contributed by atoms with Crippen LogP contribution in [0.5, 0.6) is 0 Å². The van der Waals surface area contributed by atoms with E-state index in [1.54, 1.807) is 0 Å². The SMILES string of the molecule is C[Si](C)(C)OCCCCC1CO1. The molecule has 0 spiro atoms. The van der Waals surface area contributed by atoms with Gasteiger partial charge in [-0.1, -0.05) is 0 Å². The summed E-state index contributed by atoms with van der Waals surface area (Å²) in [6.45, 7) is 8.64. The van der Waals surface area contributed by atoms with E-state index in [-0.39, 0.29) is 0 Å².